The van der Waals surface area contributed by atoms with Crippen LogP contribution in [0.4, 0.5) is 0 Å². The van der Waals surface area contributed by atoms with E-state index in [4.69, 9.17) is 171 Å². The van der Waals surface area contributed by atoms with Gasteiger partial charge >= 0.3 is 0 Å². The molecule has 0 bridgehead atoms. The summed E-state index contributed by atoms with van der Waals surface area (Å²) in [6.45, 7) is 38.8. The molecule has 0 heterocycles. The summed E-state index contributed by atoms with van der Waals surface area (Å²) in [7, 11) is 0. The van der Waals surface area contributed by atoms with Gasteiger partial charge in [-0.15, -0.1) is 0 Å². The number of ketones is 1. The predicted molar refractivity (Wildman–Crippen MR) is 507 cm³/mol. The lowest BCUT2D eigenvalue weighted by Gasteiger charge is -2.09. The van der Waals surface area contributed by atoms with E-state index in [1.807, 2.05) is 0 Å². The molecular formula is C96H191NO38. The highest BCUT2D eigenvalue weighted by molar-refractivity contribution is 5.76. The number of nitrogens with one attached hydrogen (secondary N) is 1. The van der Waals surface area contributed by atoms with Gasteiger partial charge in [-0.2, -0.15) is 0 Å². The minimum atomic E-state index is 0.112. The van der Waals surface area contributed by atoms with Crippen LogP contribution in [-0.2, 0) is 180 Å². The standard InChI is InChI=1S/C96H191NO38/c1-3-4-5-6-7-8-9-10-11-12-13-14-15-16-17-18-19-20-96(99)97-22-24-101-26-28-103-30-32-105-34-36-107-38-40-109-42-44-111-46-48-113-50-52-115-54-56-117-58-60-119-62-64-121-66-68-123-70-72-125-74-76-127-78-80-129-82-84-131-86-88-133-90-92-135-94-93-134-91-89-132-87-85-130-83-81-128-79-77-126-75-73-124-71-69-122-67-65-120-63-61-118-59-57-116-55-53-114-51-49-112-47-45-110-43-41-108-39-37-106-35-33-104-31-29-102-27-25-100-23-21-95(2)98/h3-94H2,1-2H3,(H,97,99). The Labute approximate surface area is 811 Å². The Balaban J connectivity index is 3.12. The van der Waals surface area contributed by atoms with Gasteiger partial charge in [0, 0.05) is 19.4 Å². The Kier molecular flexibility index (Phi) is 126. The number of rotatable bonds is 129. The first-order valence-electron chi connectivity index (χ1n) is 50.7. The third kappa shape index (κ3) is 130. The van der Waals surface area contributed by atoms with Gasteiger partial charge in [-0.3, -0.25) is 9.59 Å². The zero-order chi connectivity index (χ0) is 96.4. The highest BCUT2D eigenvalue weighted by atomic mass is 16.6. The zero-order valence-electron chi connectivity index (χ0n) is 84.1. The number of ether oxygens (including phenoxy) is 36. The molecule has 0 rings (SSSR count). The van der Waals surface area contributed by atoms with Gasteiger partial charge in [-0.1, -0.05) is 110 Å². The molecule has 39 heteroatoms. The molecule has 0 saturated heterocycles. The maximum Gasteiger partial charge on any atom is 0.220 e. The molecule has 0 fully saturated rings. The summed E-state index contributed by atoms with van der Waals surface area (Å²) < 4.78 is 199. The van der Waals surface area contributed by atoms with E-state index in [2.05, 4.69) is 12.2 Å². The summed E-state index contributed by atoms with van der Waals surface area (Å²) >= 11 is 0. The summed E-state index contributed by atoms with van der Waals surface area (Å²) in [5.41, 5.74) is 0. The molecule has 1 N–H and O–H groups in total. The van der Waals surface area contributed by atoms with Gasteiger partial charge in [0.25, 0.3) is 0 Å². The molecule has 0 spiro atoms. The van der Waals surface area contributed by atoms with Gasteiger partial charge in [0.1, 0.15) is 5.78 Å². The quantitative estimate of drug-likeness (QED) is 0.0569. The molecule has 0 aromatic carbocycles. The van der Waals surface area contributed by atoms with Crippen molar-refractivity contribution in [2.45, 2.75) is 136 Å². The monoisotopic (exact) mass is 1970 g/mol. The summed E-state index contributed by atoms with van der Waals surface area (Å²) in [6.07, 6.45) is 23.8. The maximum atomic E-state index is 12.1. The lowest BCUT2D eigenvalue weighted by atomic mass is 10.0. The highest BCUT2D eigenvalue weighted by Gasteiger charge is 2.07. The molecule has 0 aromatic heterocycles. The van der Waals surface area contributed by atoms with E-state index in [1.54, 1.807) is 6.92 Å². The number of hydrogen-bond donors (Lipinski definition) is 1. The predicted octanol–water partition coefficient (Wildman–Crippen LogP) is 7.72. The molecule has 0 aliphatic heterocycles. The SMILES string of the molecule is CCCCCCCCCCCCCCCCCCCC(=O)NCCOCCOCCOCCOCCOCCOCCOCCOCCOCCOCCOCCOCCOCCOCCOCCOCCOCCOCCOCCOCCOCCOCCOCCOCCOCCOCCOCCOCCOCCOCCOCCOCCOCCOCCOCCOCCC(C)=O. The van der Waals surface area contributed by atoms with Crippen LogP contribution in [0.5, 0.6) is 0 Å². The van der Waals surface area contributed by atoms with Crippen molar-refractivity contribution in [2.24, 2.45) is 0 Å². The Morgan fingerprint density at radius 3 is 0.356 bits per heavy atom. The van der Waals surface area contributed by atoms with Gasteiger partial charge in [0.15, 0.2) is 0 Å². The van der Waals surface area contributed by atoms with E-state index in [1.165, 1.54) is 96.3 Å². The third-order valence-electron chi connectivity index (χ3n) is 18.7. The van der Waals surface area contributed by atoms with E-state index in [0.717, 1.165) is 12.8 Å². The summed E-state index contributed by atoms with van der Waals surface area (Å²) in [5, 5.41) is 2.95. The van der Waals surface area contributed by atoms with Crippen LogP contribution in [0.3, 0.4) is 0 Å². The van der Waals surface area contributed by atoms with Crippen molar-refractivity contribution in [3.63, 3.8) is 0 Å². The van der Waals surface area contributed by atoms with E-state index < -0.39 is 0 Å². The molecule has 0 unspecified atom stereocenters. The van der Waals surface area contributed by atoms with Crippen molar-refractivity contribution in [3.8, 4) is 0 Å². The second kappa shape index (κ2) is 128. The number of carbonyl (C=O) groups is 2. The van der Waals surface area contributed by atoms with Crippen LogP contribution in [-0.4, -0.2) is 494 Å². The Hall–Kier alpha value is -2.30. The molecule has 0 aromatic rings. The second-order valence-corrected chi connectivity index (χ2v) is 30.3. The summed E-state index contributed by atoms with van der Waals surface area (Å²) in [6, 6.07) is 0. The third-order valence-corrected chi connectivity index (χ3v) is 18.7. The fourth-order valence-corrected chi connectivity index (χ4v) is 11.4. The molecule has 1 amide bonds. The van der Waals surface area contributed by atoms with Gasteiger partial charge in [-0.05, 0) is 13.3 Å². The van der Waals surface area contributed by atoms with Crippen molar-refractivity contribution >= 4 is 11.7 Å². The number of amides is 1. The molecular weight excluding hydrogens is 1780 g/mol. The fourth-order valence-electron chi connectivity index (χ4n) is 11.4. The number of carbonyl (C=O) groups excluding carboxylic acids is 2. The molecule has 0 aliphatic carbocycles. The largest absolute Gasteiger partial charge is 0.379 e. The van der Waals surface area contributed by atoms with Crippen molar-refractivity contribution in [1.29, 1.82) is 0 Å². The molecule has 0 aliphatic rings. The molecule has 0 atom stereocenters. The number of hydrogen-bond acceptors (Lipinski definition) is 38. The first-order chi connectivity index (χ1) is 67.2. The maximum absolute atomic E-state index is 12.1. The second-order valence-electron chi connectivity index (χ2n) is 30.3. The molecule has 808 valence electrons. The number of Topliss-reactive ketones (excluding diaryl/α,β-unsaturated/α-hetero) is 1. The van der Waals surface area contributed by atoms with Crippen molar-refractivity contribution < 1.29 is 180 Å². The zero-order valence-corrected chi connectivity index (χ0v) is 84.1. The van der Waals surface area contributed by atoms with Crippen LogP contribution in [0.1, 0.15) is 136 Å². The van der Waals surface area contributed by atoms with E-state index in [-0.39, 0.29) is 11.7 Å². The van der Waals surface area contributed by atoms with E-state index in [0.29, 0.717) is 495 Å². The van der Waals surface area contributed by atoms with Crippen LogP contribution in [0.2, 0.25) is 0 Å². The van der Waals surface area contributed by atoms with Crippen LogP contribution in [0.15, 0.2) is 0 Å². The Bertz CT molecular complexity index is 2090. The van der Waals surface area contributed by atoms with Gasteiger partial charge in [0.05, 0.1) is 476 Å². The Morgan fingerprint density at radius 1 is 0.133 bits per heavy atom. The van der Waals surface area contributed by atoms with Crippen molar-refractivity contribution in [3.05, 3.63) is 0 Å². The number of unbranched alkanes of at least 4 members (excludes halogenated alkanes) is 16. The van der Waals surface area contributed by atoms with Gasteiger partial charge in [0.2, 0.25) is 5.91 Å². The topological polar surface area (TPSA) is 378 Å². The molecule has 0 radical (unpaired) electrons. The molecule has 39 nitrogen and oxygen atoms in total. The lowest BCUT2D eigenvalue weighted by Crippen LogP contribution is -2.27. The van der Waals surface area contributed by atoms with E-state index in [9.17, 15) is 9.59 Å². The summed E-state index contributed by atoms with van der Waals surface area (Å²) in [4.78, 5) is 23.0. The van der Waals surface area contributed by atoms with Crippen LogP contribution < -0.4 is 5.32 Å². The van der Waals surface area contributed by atoms with E-state index >= 15 is 0 Å². The smallest absolute Gasteiger partial charge is 0.220 e. The van der Waals surface area contributed by atoms with Crippen LogP contribution in [0.25, 0.3) is 0 Å². The minimum absolute atomic E-state index is 0.112. The highest BCUT2D eigenvalue weighted by Crippen LogP contribution is 2.15. The first-order valence-corrected chi connectivity index (χ1v) is 50.7. The Morgan fingerprint density at radius 2 is 0.237 bits per heavy atom. The first kappa shape index (κ1) is 133. The van der Waals surface area contributed by atoms with Crippen LogP contribution in [0, 0.1) is 0 Å². The molecule has 135 heavy (non-hydrogen) atoms. The summed E-state index contributed by atoms with van der Waals surface area (Å²) in [5.74, 6) is 0.230. The van der Waals surface area contributed by atoms with Gasteiger partial charge in [-0.25, -0.2) is 0 Å². The lowest BCUT2D eigenvalue weighted by molar-refractivity contribution is -0.121. The minimum Gasteiger partial charge on any atom is -0.379 e. The normalized spacial score (nSPS) is 11.8. The molecule has 0 saturated carbocycles. The van der Waals surface area contributed by atoms with Crippen molar-refractivity contribution in [1.82, 2.24) is 5.32 Å². The van der Waals surface area contributed by atoms with Gasteiger partial charge < -0.3 is 176 Å². The van der Waals surface area contributed by atoms with Crippen molar-refractivity contribution in [2.75, 3.05) is 482 Å². The average Bonchev–Trinajstić information content (AvgIpc) is 1.04. The average molecular weight is 1970 g/mol. The fraction of sp³-hybridized carbons (Fsp3) is 0.979. The van der Waals surface area contributed by atoms with Crippen LogP contribution >= 0.6 is 0 Å².